The van der Waals surface area contributed by atoms with Crippen molar-refractivity contribution in [2.75, 3.05) is 25.1 Å². The van der Waals surface area contributed by atoms with E-state index < -0.39 is 0 Å². The molecule has 4 rings (SSSR count). The first kappa shape index (κ1) is 18.7. The highest BCUT2D eigenvalue weighted by molar-refractivity contribution is 5.36. The molecule has 29 heavy (non-hydrogen) atoms. The normalized spacial score (nSPS) is 11.9. The van der Waals surface area contributed by atoms with Crippen molar-refractivity contribution < 1.29 is 9.15 Å². The van der Waals surface area contributed by atoms with E-state index in [1.54, 1.807) is 6.20 Å². The van der Waals surface area contributed by atoms with Gasteiger partial charge in [-0.15, -0.1) is 10.2 Å². The highest BCUT2D eigenvalue weighted by Gasteiger charge is 2.18. The molecule has 1 atom stereocenters. The molecule has 3 heterocycles. The maximum absolute atomic E-state index is 5.89. The van der Waals surface area contributed by atoms with Crippen LogP contribution >= 0.6 is 0 Å². The van der Waals surface area contributed by atoms with E-state index >= 15 is 0 Å². The minimum atomic E-state index is -0.0358. The zero-order valence-corrected chi connectivity index (χ0v) is 16.3. The number of anilines is 1. The van der Waals surface area contributed by atoms with Gasteiger partial charge >= 0.3 is 0 Å². The summed E-state index contributed by atoms with van der Waals surface area (Å²) >= 11 is 0. The first-order valence-electron chi connectivity index (χ1n) is 9.52. The number of pyridine rings is 1. The van der Waals surface area contributed by atoms with Gasteiger partial charge in [0.2, 0.25) is 12.3 Å². The van der Waals surface area contributed by atoms with Crippen molar-refractivity contribution in [3.8, 4) is 5.75 Å². The molecule has 0 aliphatic carbocycles. The molecule has 4 aromatic rings. The summed E-state index contributed by atoms with van der Waals surface area (Å²) in [5.74, 6) is 2.38. The van der Waals surface area contributed by atoms with E-state index in [9.17, 15) is 0 Å². The summed E-state index contributed by atoms with van der Waals surface area (Å²) in [6.07, 6.45) is 7.92. The molecule has 0 spiro atoms. The summed E-state index contributed by atoms with van der Waals surface area (Å²) < 4.78 is 13.4. The average Bonchev–Trinajstić information content (AvgIpc) is 3.48. The molecule has 0 unspecified atom stereocenters. The number of benzene rings is 1. The van der Waals surface area contributed by atoms with E-state index in [2.05, 4.69) is 36.8 Å². The van der Waals surface area contributed by atoms with Gasteiger partial charge in [-0.2, -0.15) is 0 Å². The summed E-state index contributed by atoms with van der Waals surface area (Å²) in [5.41, 5.74) is 1.17. The van der Waals surface area contributed by atoms with Crippen LogP contribution in [0.3, 0.4) is 0 Å². The Kier molecular flexibility index (Phi) is 5.85. The van der Waals surface area contributed by atoms with Gasteiger partial charge < -0.3 is 18.6 Å². The van der Waals surface area contributed by atoms with Crippen LogP contribution in [0.25, 0.3) is 0 Å². The second-order valence-electron chi connectivity index (χ2n) is 6.73. The molecular formula is C22H23N5O2. The van der Waals surface area contributed by atoms with Crippen LogP contribution in [-0.2, 0) is 6.42 Å². The minimum absolute atomic E-state index is 0.0358. The predicted molar refractivity (Wildman–Crippen MR) is 110 cm³/mol. The van der Waals surface area contributed by atoms with Gasteiger partial charge in [-0.3, -0.25) is 0 Å². The summed E-state index contributed by atoms with van der Waals surface area (Å²) in [5, 5.41) is 7.92. The van der Waals surface area contributed by atoms with Crippen molar-refractivity contribution >= 4 is 5.82 Å². The zero-order chi connectivity index (χ0) is 19.9. The predicted octanol–water partition coefficient (Wildman–Crippen LogP) is 3.61. The summed E-state index contributed by atoms with van der Waals surface area (Å²) in [4.78, 5) is 6.41. The lowest BCUT2D eigenvalue weighted by molar-refractivity contribution is 0.325. The van der Waals surface area contributed by atoms with Gasteiger partial charge in [-0.1, -0.05) is 18.2 Å². The molecule has 0 saturated heterocycles. The molecular weight excluding hydrogens is 366 g/mol. The molecule has 0 radical (unpaired) electrons. The van der Waals surface area contributed by atoms with Crippen molar-refractivity contribution in [1.29, 1.82) is 0 Å². The van der Waals surface area contributed by atoms with Crippen molar-refractivity contribution in [1.82, 2.24) is 19.7 Å². The zero-order valence-electron chi connectivity index (χ0n) is 16.3. The molecule has 7 nitrogen and oxygen atoms in total. The number of hydrogen-bond donors (Lipinski definition) is 0. The summed E-state index contributed by atoms with van der Waals surface area (Å²) in [6, 6.07) is 18.0. The summed E-state index contributed by atoms with van der Waals surface area (Å²) in [6.45, 7) is 1.34. The Bertz CT molecular complexity index is 936. The van der Waals surface area contributed by atoms with E-state index in [4.69, 9.17) is 9.15 Å². The molecule has 0 fully saturated rings. The van der Waals surface area contributed by atoms with Crippen LogP contribution in [0.2, 0.25) is 0 Å². The van der Waals surface area contributed by atoms with Gasteiger partial charge in [0.15, 0.2) is 0 Å². The van der Waals surface area contributed by atoms with Gasteiger partial charge in [-0.05, 0) is 42.0 Å². The van der Waals surface area contributed by atoms with E-state index in [-0.39, 0.29) is 6.04 Å². The number of nitrogens with zero attached hydrogens (tertiary/aromatic N) is 5. The molecule has 3 aromatic heterocycles. The first-order valence-corrected chi connectivity index (χ1v) is 9.52. The SMILES string of the molecule is CN(CCOc1ccc(C[C@@H](c2nnco2)n2cccc2)cc1)c1ccccn1. The average molecular weight is 389 g/mol. The third-order valence-electron chi connectivity index (χ3n) is 4.74. The Hall–Kier alpha value is -3.61. The summed E-state index contributed by atoms with van der Waals surface area (Å²) in [7, 11) is 2.01. The largest absolute Gasteiger partial charge is 0.492 e. The number of likely N-dealkylation sites (N-methyl/N-ethyl adjacent to an activating group) is 1. The maximum Gasteiger partial charge on any atom is 0.239 e. The van der Waals surface area contributed by atoms with Gasteiger partial charge in [0.05, 0.1) is 6.54 Å². The highest BCUT2D eigenvalue weighted by atomic mass is 16.5. The lowest BCUT2D eigenvalue weighted by Gasteiger charge is -2.18. The van der Waals surface area contributed by atoms with Crippen molar-refractivity contribution in [2.24, 2.45) is 0 Å². The van der Waals surface area contributed by atoms with Crippen LogP contribution in [0.5, 0.6) is 5.75 Å². The fourth-order valence-corrected chi connectivity index (χ4v) is 3.14. The monoisotopic (exact) mass is 389 g/mol. The molecule has 0 saturated carbocycles. The molecule has 7 heteroatoms. The maximum atomic E-state index is 5.89. The third kappa shape index (κ3) is 4.82. The van der Waals surface area contributed by atoms with E-state index in [0.29, 0.717) is 12.5 Å². The van der Waals surface area contributed by atoms with Crippen LogP contribution in [0.15, 0.2) is 84.0 Å². The Balaban J connectivity index is 1.34. The number of ether oxygens (including phenoxy) is 1. The highest BCUT2D eigenvalue weighted by Crippen LogP contribution is 2.23. The van der Waals surface area contributed by atoms with Crippen molar-refractivity contribution in [3.05, 3.63) is 91.0 Å². The Morgan fingerprint density at radius 1 is 1.07 bits per heavy atom. The van der Waals surface area contributed by atoms with Gasteiger partial charge in [-0.25, -0.2) is 4.98 Å². The van der Waals surface area contributed by atoms with E-state index in [0.717, 1.165) is 24.5 Å². The van der Waals surface area contributed by atoms with Crippen LogP contribution in [0, 0.1) is 0 Å². The Labute approximate surface area is 169 Å². The lowest BCUT2D eigenvalue weighted by Crippen LogP contribution is -2.24. The van der Waals surface area contributed by atoms with Gasteiger partial charge in [0, 0.05) is 32.1 Å². The van der Waals surface area contributed by atoms with Gasteiger partial charge in [0.25, 0.3) is 0 Å². The number of hydrogen-bond acceptors (Lipinski definition) is 6. The third-order valence-corrected chi connectivity index (χ3v) is 4.74. The molecule has 0 aliphatic heterocycles. The van der Waals surface area contributed by atoms with E-state index in [1.807, 2.05) is 61.9 Å². The van der Waals surface area contributed by atoms with Crippen molar-refractivity contribution in [3.63, 3.8) is 0 Å². The van der Waals surface area contributed by atoms with Crippen LogP contribution in [0.4, 0.5) is 5.82 Å². The fourth-order valence-electron chi connectivity index (χ4n) is 3.14. The van der Waals surface area contributed by atoms with Crippen molar-refractivity contribution in [2.45, 2.75) is 12.5 Å². The molecule has 0 N–H and O–H groups in total. The van der Waals surface area contributed by atoms with Crippen LogP contribution < -0.4 is 9.64 Å². The smallest absolute Gasteiger partial charge is 0.239 e. The Morgan fingerprint density at radius 3 is 2.59 bits per heavy atom. The quantitative estimate of drug-likeness (QED) is 0.436. The second kappa shape index (κ2) is 9.05. The first-order chi connectivity index (χ1) is 14.3. The molecule has 1 aromatic carbocycles. The molecule has 0 bridgehead atoms. The molecule has 0 aliphatic rings. The lowest BCUT2D eigenvalue weighted by atomic mass is 10.1. The van der Waals surface area contributed by atoms with Crippen LogP contribution in [-0.4, -0.2) is 39.9 Å². The fraction of sp³-hybridized carbons (Fsp3) is 0.227. The minimum Gasteiger partial charge on any atom is -0.492 e. The number of rotatable bonds is 9. The molecule has 0 amide bonds. The Morgan fingerprint density at radius 2 is 1.90 bits per heavy atom. The topological polar surface area (TPSA) is 69.2 Å². The number of aromatic nitrogens is 4. The second-order valence-corrected chi connectivity index (χ2v) is 6.73. The molecule has 148 valence electrons. The van der Waals surface area contributed by atoms with E-state index in [1.165, 1.54) is 12.0 Å². The van der Waals surface area contributed by atoms with Gasteiger partial charge in [0.1, 0.15) is 24.2 Å². The standard InChI is InChI=1S/C22H23N5O2/c1-26(21-6-2-3-11-23-21)14-15-28-19-9-7-18(8-10-19)16-20(22-25-24-17-29-22)27-12-4-5-13-27/h2-13,17,20H,14-16H2,1H3/t20-/m0/s1. The van der Waals surface area contributed by atoms with Crippen LogP contribution in [0.1, 0.15) is 17.5 Å².